The van der Waals surface area contributed by atoms with E-state index in [-0.39, 0.29) is 94.4 Å². The fourth-order valence-corrected chi connectivity index (χ4v) is 10.4. The van der Waals surface area contributed by atoms with Gasteiger partial charge in [0.2, 0.25) is 70.9 Å². The lowest BCUT2D eigenvalue weighted by atomic mass is 9.96. The van der Waals surface area contributed by atoms with Crippen LogP contribution in [0.3, 0.4) is 0 Å². The van der Waals surface area contributed by atoms with E-state index >= 15 is 0 Å². The third-order valence-electron chi connectivity index (χ3n) is 15.6. The summed E-state index contributed by atoms with van der Waals surface area (Å²) in [6.45, 7) is 12.8. The monoisotopic (exact) mass is 1400 g/mol. The van der Waals surface area contributed by atoms with Crippen molar-refractivity contribution < 1.29 is 72.5 Å². The number of aromatic hydroxyl groups is 1. The Bertz CT molecular complexity index is 3210. The van der Waals surface area contributed by atoms with Crippen molar-refractivity contribution in [3.63, 3.8) is 0 Å². The number of amides is 12. The summed E-state index contributed by atoms with van der Waals surface area (Å²) in [6, 6.07) is -0.988. The highest BCUT2D eigenvalue weighted by Gasteiger charge is 2.38. The number of H-pyrrole nitrogens is 1. The van der Waals surface area contributed by atoms with E-state index in [1.165, 1.54) is 62.4 Å². The molecule has 0 aliphatic carbocycles. The molecule has 0 saturated carbocycles. The number of hydrogen-bond donors (Lipinski definition) is 18. The first-order valence-electron chi connectivity index (χ1n) is 32.6. The number of primary amides is 1. The Morgan fingerprint density at radius 2 is 0.990 bits per heavy atom. The van der Waals surface area contributed by atoms with Crippen molar-refractivity contribution in [3.8, 4) is 5.75 Å². The van der Waals surface area contributed by atoms with E-state index in [1.807, 2.05) is 27.7 Å². The summed E-state index contributed by atoms with van der Waals surface area (Å²) in [4.78, 5) is 189. The van der Waals surface area contributed by atoms with Crippen LogP contribution in [0.25, 0.3) is 0 Å². The van der Waals surface area contributed by atoms with Gasteiger partial charge in [0, 0.05) is 37.7 Å². The Morgan fingerprint density at radius 1 is 0.535 bits per heavy atom. The molecule has 0 spiro atoms. The number of carboxylic acid groups (broad SMARTS) is 1. The van der Waals surface area contributed by atoms with E-state index in [0.717, 1.165) is 0 Å². The van der Waals surface area contributed by atoms with Crippen LogP contribution in [0.4, 0.5) is 0 Å². The predicted molar refractivity (Wildman–Crippen MR) is 369 cm³/mol. The van der Waals surface area contributed by atoms with E-state index < -0.39 is 156 Å². The minimum Gasteiger partial charge on any atom is -0.508 e. The Hall–Kier alpha value is -9.86. The number of nitrogens with two attached hydrogens (primary N) is 4. The average molecular weight is 1410 g/mol. The number of carboxylic acids is 1. The zero-order valence-corrected chi connectivity index (χ0v) is 58.3. The Morgan fingerprint density at radius 3 is 1.49 bits per heavy atom. The van der Waals surface area contributed by atoms with Gasteiger partial charge >= 0.3 is 5.97 Å². The van der Waals surface area contributed by atoms with E-state index in [9.17, 15) is 72.5 Å². The SMILES string of the molecule is CC[C@H](C)[C@H](NC(=O)[C@H](CCCN=C(N)N)NC(=O)[C@H](C)NC(=O)[C@H](CCSC)NC(=O)[C@H](Cc1ccc(O)cc1)NC(=O)[C@H](Cc1ccccc1)NC(=O)[C@H](CC(C)C)NC(=O)[C@H](CC(C)C)NC(=O)CN)C(=O)N[C@@H](CC(N)=O)C(=O)N[C@@H](Cc1cnc[nH]1)C(=O)N[C@@H](C)C(=O)O. The zero-order chi connectivity index (χ0) is 74.1. The van der Waals surface area contributed by atoms with Gasteiger partial charge in [-0.3, -0.25) is 67.3 Å². The van der Waals surface area contributed by atoms with Crippen molar-refractivity contribution in [3.05, 3.63) is 83.9 Å². The number of hydrogen-bond acceptors (Lipinski definition) is 18. The van der Waals surface area contributed by atoms with Gasteiger partial charge in [-0.1, -0.05) is 90.4 Å². The van der Waals surface area contributed by atoms with Crippen LogP contribution in [-0.2, 0) is 81.6 Å². The number of carbonyl (C=O) groups is 13. The second-order valence-electron chi connectivity index (χ2n) is 24.9. The van der Waals surface area contributed by atoms with Crippen molar-refractivity contribution in [2.75, 3.05) is 25.1 Å². The molecule has 1 aromatic heterocycles. The van der Waals surface area contributed by atoms with Gasteiger partial charge in [-0.15, -0.1) is 0 Å². The number of phenols is 1. The fourth-order valence-electron chi connectivity index (χ4n) is 9.94. The van der Waals surface area contributed by atoms with Gasteiger partial charge < -0.3 is 96.6 Å². The Balaban J connectivity index is 1.96. The summed E-state index contributed by atoms with van der Waals surface area (Å²) < 4.78 is 0. The third kappa shape index (κ3) is 30.6. The van der Waals surface area contributed by atoms with Crippen molar-refractivity contribution in [2.45, 2.75) is 186 Å². The summed E-state index contributed by atoms with van der Waals surface area (Å²) in [5.41, 5.74) is 23.6. The number of aromatic amines is 1. The summed E-state index contributed by atoms with van der Waals surface area (Å²) in [7, 11) is 0. The van der Waals surface area contributed by atoms with E-state index in [0.29, 0.717) is 22.6 Å². The third-order valence-corrected chi connectivity index (χ3v) is 16.2. The van der Waals surface area contributed by atoms with Gasteiger partial charge in [0.05, 0.1) is 19.3 Å². The molecule has 34 heteroatoms. The zero-order valence-electron chi connectivity index (χ0n) is 57.4. The molecule has 546 valence electrons. The van der Waals surface area contributed by atoms with Crippen LogP contribution in [-0.4, -0.2) is 195 Å². The molecule has 0 bridgehead atoms. The number of aliphatic carboxylic acids is 1. The number of aromatic nitrogens is 2. The van der Waals surface area contributed by atoms with Crippen molar-refractivity contribution >= 4 is 94.6 Å². The Labute approximate surface area is 579 Å². The highest BCUT2D eigenvalue weighted by molar-refractivity contribution is 7.98. The first-order valence-corrected chi connectivity index (χ1v) is 34.0. The number of nitrogens with one attached hydrogen (secondary N) is 12. The van der Waals surface area contributed by atoms with Gasteiger partial charge in [-0.05, 0) is 99.0 Å². The predicted octanol–water partition coefficient (Wildman–Crippen LogP) is -2.62. The first kappa shape index (κ1) is 83.4. The van der Waals surface area contributed by atoms with Crippen LogP contribution < -0.4 is 81.4 Å². The second kappa shape index (κ2) is 42.7. The molecule has 0 unspecified atom stereocenters. The van der Waals surface area contributed by atoms with E-state index in [1.54, 1.807) is 50.4 Å². The Kier molecular flexibility index (Phi) is 36.0. The number of phenolic OH excluding ortho intramolecular Hbond substituents is 1. The van der Waals surface area contributed by atoms with Crippen LogP contribution in [0.15, 0.2) is 72.1 Å². The van der Waals surface area contributed by atoms with Crippen LogP contribution >= 0.6 is 11.8 Å². The second-order valence-corrected chi connectivity index (χ2v) is 25.9. The molecule has 0 saturated heterocycles. The van der Waals surface area contributed by atoms with Gasteiger partial charge in [0.1, 0.15) is 72.2 Å². The summed E-state index contributed by atoms with van der Waals surface area (Å²) in [5, 5.41) is 48.2. The minimum atomic E-state index is -1.75. The van der Waals surface area contributed by atoms with Crippen molar-refractivity contribution in [2.24, 2.45) is 45.7 Å². The average Bonchev–Trinajstić information content (AvgIpc) is 1.03. The lowest BCUT2D eigenvalue weighted by molar-refractivity contribution is -0.142. The normalized spacial score (nSPS) is 14.7. The van der Waals surface area contributed by atoms with E-state index in [2.05, 4.69) is 73.4 Å². The molecular weight excluding hydrogens is 1300 g/mol. The molecule has 3 rings (SSSR count). The molecule has 2 aromatic carbocycles. The standard InChI is InChI=1S/C65H100N18O15S/c1-10-36(6)53(63(96)82-50(30-51(67)85)62(95)81-49(29-41-32-70-33-72-41)57(90)74-38(8)64(97)98)83-56(89)43(17-14-23-71-65(68)69)76-54(87)37(7)73-55(88)44(22-24-99-9)77-60(93)48(28-40-18-20-42(84)21-19-40)80-61(94)47(27-39-15-12-11-13-16-39)79-59(92)46(26-35(4)5)78-58(91)45(25-34(2)3)75-52(86)31-66/h11-13,15-16,18-21,32-38,43-50,53,84H,10,14,17,22-31,66H2,1-9H3,(H2,67,85)(H,70,72)(H,73,88)(H,74,90)(H,75,86)(H,76,87)(H,77,93)(H,78,91)(H,79,92)(H,80,94)(H,81,95)(H,82,96)(H,83,89)(H,97,98)(H4,68,69,71)/t36-,37-,38-,43-,44-,45-,46-,47-,48-,49-,50-,53-/m0/s1. The highest BCUT2D eigenvalue weighted by atomic mass is 32.2. The molecule has 22 N–H and O–H groups in total. The van der Waals surface area contributed by atoms with Crippen LogP contribution in [0, 0.1) is 17.8 Å². The van der Waals surface area contributed by atoms with Crippen LogP contribution in [0.5, 0.6) is 5.75 Å². The lowest BCUT2D eigenvalue weighted by Gasteiger charge is -2.29. The smallest absolute Gasteiger partial charge is 0.325 e. The molecule has 0 radical (unpaired) electrons. The number of aliphatic imine (C=N–C) groups is 1. The van der Waals surface area contributed by atoms with Gasteiger partial charge in [0.25, 0.3) is 0 Å². The topological polar surface area (TPSA) is 540 Å². The highest BCUT2D eigenvalue weighted by Crippen LogP contribution is 2.16. The molecule has 33 nitrogen and oxygen atoms in total. The van der Waals surface area contributed by atoms with Crippen molar-refractivity contribution in [1.29, 1.82) is 0 Å². The lowest BCUT2D eigenvalue weighted by Crippen LogP contribution is -2.61. The molecule has 0 aliphatic heterocycles. The molecule has 12 amide bonds. The largest absolute Gasteiger partial charge is 0.508 e. The molecule has 99 heavy (non-hydrogen) atoms. The quantitative estimate of drug-likeness (QED) is 0.0157. The van der Waals surface area contributed by atoms with Crippen LogP contribution in [0.1, 0.15) is 117 Å². The van der Waals surface area contributed by atoms with Gasteiger partial charge in [-0.25, -0.2) is 4.98 Å². The fraction of sp³-hybridized carbons (Fsp3) is 0.554. The first-order chi connectivity index (χ1) is 46.7. The van der Waals surface area contributed by atoms with Gasteiger partial charge in [-0.2, -0.15) is 11.8 Å². The maximum Gasteiger partial charge on any atom is 0.325 e. The molecule has 3 aromatic rings. The van der Waals surface area contributed by atoms with Crippen LogP contribution in [0.2, 0.25) is 0 Å². The number of thioether (sulfide) groups is 1. The van der Waals surface area contributed by atoms with Crippen molar-refractivity contribution in [1.82, 2.24) is 68.5 Å². The number of nitrogens with zero attached hydrogens (tertiary/aromatic N) is 2. The molecule has 1 heterocycles. The van der Waals surface area contributed by atoms with Gasteiger partial charge in [0.15, 0.2) is 5.96 Å². The number of imidazole rings is 1. The molecule has 0 aliphatic rings. The molecule has 12 atom stereocenters. The maximum atomic E-state index is 14.8. The maximum absolute atomic E-state index is 14.8. The number of rotatable bonds is 44. The number of benzene rings is 2. The summed E-state index contributed by atoms with van der Waals surface area (Å²) >= 11 is 1.33. The number of guanidine groups is 1. The van der Waals surface area contributed by atoms with E-state index in [4.69, 9.17) is 22.9 Å². The summed E-state index contributed by atoms with van der Waals surface area (Å²) in [5.74, 6) is -12.8. The summed E-state index contributed by atoms with van der Waals surface area (Å²) in [6.07, 6.45) is 3.57. The minimum absolute atomic E-state index is 0.0133. The molecule has 0 fully saturated rings. The molecular formula is C65H100N18O15S. The number of carbonyl (C=O) groups excluding carboxylic acids is 12.